The van der Waals surface area contributed by atoms with Crippen LogP contribution >= 0.6 is 0 Å². The lowest BCUT2D eigenvalue weighted by Crippen LogP contribution is -2.71. The Kier molecular flexibility index (Phi) is 4.96. The molecule has 0 bridgehead atoms. The van der Waals surface area contributed by atoms with Gasteiger partial charge in [0.05, 0.1) is 0 Å². The lowest BCUT2D eigenvalue weighted by molar-refractivity contribution is -0.436. The zero-order chi connectivity index (χ0) is 19.3. The van der Waals surface area contributed by atoms with Gasteiger partial charge in [-0.25, -0.2) is 0 Å². The van der Waals surface area contributed by atoms with Crippen LogP contribution in [0, 0.1) is 0 Å². The summed E-state index contributed by atoms with van der Waals surface area (Å²) < 4.78 is 162. The first-order chi connectivity index (χ1) is 9.73. The smallest absolute Gasteiger partial charge is 0.354 e. The lowest BCUT2D eigenvalue weighted by Gasteiger charge is -2.39. The Bertz CT molecular complexity index is 465. The fourth-order valence-electron chi connectivity index (χ4n) is 1.07. The molecule has 0 aliphatic heterocycles. The molecule has 1 amide bonds. The molecule has 0 aromatic heterocycles. The maximum atomic E-state index is 12.9. The minimum Gasteiger partial charge on any atom is -0.354 e. The second-order valence-electron chi connectivity index (χ2n) is 3.95. The zero-order valence-corrected chi connectivity index (χ0v) is 10.3. The van der Waals surface area contributed by atoms with Crippen molar-refractivity contribution in [2.75, 3.05) is 7.05 Å². The van der Waals surface area contributed by atoms with Gasteiger partial charge >= 0.3 is 35.8 Å². The van der Waals surface area contributed by atoms with Gasteiger partial charge in [-0.15, -0.1) is 0 Å². The molecule has 0 aliphatic carbocycles. The van der Waals surface area contributed by atoms with E-state index in [0.717, 1.165) is 0 Å². The van der Waals surface area contributed by atoms with Crippen molar-refractivity contribution in [2.45, 2.75) is 35.8 Å². The fraction of sp³-hybridized carbons (Fsp3) is 0.875. The molecule has 23 heavy (non-hydrogen) atoms. The summed E-state index contributed by atoms with van der Waals surface area (Å²) in [6.07, 6.45) is -7.47. The van der Waals surface area contributed by atoms with E-state index in [1.807, 2.05) is 0 Å². The van der Waals surface area contributed by atoms with E-state index in [0.29, 0.717) is 5.32 Å². The summed E-state index contributed by atoms with van der Waals surface area (Å²) in [5.74, 6) is -41.4. The monoisotopic (exact) mass is 377 g/mol. The molecule has 0 fully saturated rings. The van der Waals surface area contributed by atoms with Gasteiger partial charge in [-0.2, -0.15) is 57.1 Å². The standard InChI is InChI=1S/C8H4F13NO/c1-22-2(23)3(9,10)4(11,12)5(13,14)6(15,16)7(17,18)8(19,20)21/h1H3,(H,22,23). The molecule has 0 rings (SSSR count). The van der Waals surface area contributed by atoms with Gasteiger partial charge in [-0.1, -0.05) is 0 Å². The number of nitrogens with one attached hydrogen (secondary N) is 1. The first kappa shape index (κ1) is 21.6. The molecule has 0 saturated heterocycles. The fourth-order valence-corrected chi connectivity index (χ4v) is 1.07. The van der Waals surface area contributed by atoms with Gasteiger partial charge in [0.2, 0.25) is 0 Å². The first-order valence-electron chi connectivity index (χ1n) is 4.91. The normalized spacial score (nSPS) is 15.6. The van der Waals surface area contributed by atoms with E-state index in [1.165, 1.54) is 0 Å². The van der Waals surface area contributed by atoms with Crippen molar-refractivity contribution in [3.05, 3.63) is 0 Å². The number of hydrogen-bond acceptors (Lipinski definition) is 1. The molecule has 2 nitrogen and oxygen atoms in total. The second kappa shape index (κ2) is 5.29. The molecule has 15 heteroatoms. The molecule has 138 valence electrons. The molecule has 0 atom stereocenters. The predicted molar refractivity (Wildman–Crippen MR) is 44.9 cm³/mol. The van der Waals surface area contributed by atoms with Crippen LogP contribution in [0.3, 0.4) is 0 Å². The molecule has 0 aliphatic rings. The van der Waals surface area contributed by atoms with Crippen LogP contribution in [0.5, 0.6) is 0 Å². The number of amides is 1. The SMILES string of the molecule is CNC(=O)C(F)(F)C(F)(F)C(F)(F)C(F)(F)C(F)(F)C(F)(F)F. The summed E-state index contributed by atoms with van der Waals surface area (Å²) in [7, 11) is 0.160. The number of alkyl halides is 13. The van der Waals surface area contributed by atoms with Crippen LogP contribution in [0.1, 0.15) is 0 Å². The quantitative estimate of drug-likeness (QED) is 0.731. The van der Waals surface area contributed by atoms with Crippen LogP contribution in [0.25, 0.3) is 0 Å². The lowest BCUT2D eigenvalue weighted by atomic mass is 9.93. The minimum atomic E-state index is -8.00. The molecular weight excluding hydrogens is 373 g/mol. The van der Waals surface area contributed by atoms with Crippen LogP contribution < -0.4 is 5.32 Å². The van der Waals surface area contributed by atoms with Gasteiger partial charge in [-0.3, -0.25) is 4.79 Å². The van der Waals surface area contributed by atoms with Crippen LogP contribution in [0.15, 0.2) is 0 Å². The van der Waals surface area contributed by atoms with E-state index < -0.39 is 41.7 Å². The molecule has 0 saturated carbocycles. The van der Waals surface area contributed by atoms with Gasteiger partial charge < -0.3 is 5.32 Å². The van der Waals surface area contributed by atoms with Crippen LogP contribution in [-0.2, 0) is 4.79 Å². The molecule has 0 aromatic carbocycles. The van der Waals surface area contributed by atoms with Crippen LogP contribution in [-0.4, -0.2) is 48.7 Å². The third kappa shape index (κ3) is 2.66. The first-order valence-corrected chi connectivity index (χ1v) is 4.91. The van der Waals surface area contributed by atoms with Gasteiger partial charge in [0.15, 0.2) is 0 Å². The number of carbonyl (C=O) groups is 1. The molecule has 0 heterocycles. The highest BCUT2D eigenvalue weighted by molar-refractivity contribution is 5.84. The molecule has 0 aromatic rings. The summed E-state index contributed by atoms with van der Waals surface area (Å²) in [4.78, 5) is 10.4. The molecule has 0 unspecified atom stereocenters. The van der Waals surface area contributed by atoms with Crippen molar-refractivity contribution in [3.8, 4) is 0 Å². The number of carbonyl (C=O) groups excluding carboxylic acids is 1. The van der Waals surface area contributed by atoms with Gasteiger partial charge in [0.1, 0.15) is 0 Å². The molecular formula is C8H4F13NO. The Morgan fingerprint density at radius 1 is 0.609 bits per heavy atom. The van der Waals surface area contributed by atoms with E-state index in [9.17, 15) is 61.9 Å². The van der Waals surface area contributed by atoms with Crippen LogP contribution in [0.4, 0.5) is 57.1 Å². The maximum Gasteiger partial charge on any atom is 0.460 e. The van der Waals surface area contributed by atoms with Gasteiger partial charge in [0, 0.05) is 7.05 Å². The van der Waals surface area contributed by atoms with Crippen molar-refractivity contribution in [2.24, 2.45) is 0 Å². The van der Waals surface area contributed by atoms with Crippen molar-refractivity contribution in [1.82, 2.24) is 5.32 Å². The summed E-state index contributed by atoms with van der Waals surface area (Å²) in [6.45, 7) is 0. The second-order valence-corrected chi connectivity index (χ2v) is 3.95. The highest BCUT2D eigenvalue weighted by Gasteiger charge is 2.91. The van der Waals surface area contributed by atoms with Crippen molar-refractivity contribution >= 4 is 5.91 Å². The summed E-state index contributed by atoms with van der Waals surface area (Å²) in [5.41, 5.74) is 0. The number of rotatable bonds is 5. The van der Waals surface area contributed by atoms with E-state index >= 15 is 0 Å². The Morgan fingerprint density at radius 2 is 0.913 bits per heavy atom. The van der Waals surface area contributed by atoms with E-state index in [4.69, 9.17) is 0 Å². The van der Waals surface area contributed by atoms with Crippen molar-refractivity contribution in [3.63, 3.8) is 0 Å². The van der Waals surface area contributed by atoms with Gasteiger partial charge in [0.25, 0.3) is 5.91 Å². The molecule has 1 N–H and O–H groups in total. The minimum absolute atomic E-state index is 0.160. The Labute approximate surface area is 117 Å². The summed E-state index contributed by atoms with van der Waals surface area (Å²) >= 11 is 0. The van der Waals surface area contributed by atoms with E-state index in [2.05, 4.69) is 0 Å². The predicted octanol–water partition coefficient (Wildman–Crippen LogP) is 3.47. The van der Waals surface area contributed by atoms with Gasteiger partial charge in [-0.05, 0) is 0 Å². The highest BCUT2D eigenvalue weighted by Crippen LogP contribution is 2.60. The Hall–Kier alpha value is -1.44. The molecule has 0 spiro atoms. The highest BCUT2D eigenvalue weighted by atomic mass is 19.4. The zero-order valence-electron chi connectivity index (χ0n) is 10.3. The topological polar surface area (TPSA) is 29.1 Å². The molecule has 0 radical (unpaired) electrons. The largest absolute Gasteiger partial charge is 0.460 e. The van der Waals surface area contributed by atoms with Crippen molar-refractivity contribution < 1.29 is 61.9 Å². The third-order valence-electron chi connectivity index (χ3n) is 2.45. The Morgan fingerprint density at radius 3 is 1.17 bits per heavy atom. The average molecular weight is 377 g/mol. The average Bonchev–Trinajstić information content (AvgIpc) is 2.35. The van der Waals surface area contributed by atoms with Crippen LogP contribution in [0.2, 0.25) is 0 Å². The van der Waals surface area contributed by atoms with E-state index in [-0.39, 0.29) is 7.05 Å². The third-order valence-corrected chi connectivity index (χ3v) is 2.45. The Balaban J connectivity index is 6.30. The van der Waals surface area contributed by atoms with E-state index in [1.54, 1.807) is 0 Å². The maximum absolute atomic E-state index is 12.9. The summed E-state index contributed by atoms with van der Waals surface area (Å²) in [6, 6.07) is 0. The number of halogens is 13. The summed E-state index contributed by atoms with van der Waals surface area (Å²) in [5, 5.41) is 0.647. The van der Waals surface area contributed by atoms with Crippen molar-refractivity contribution in [1.29, 1.82) is 0 Å². The number of hydrogen-bond donors (Lipinski definition) is 1.